The Morgan fingerprint density at radius 3 is 2.52 bits per heavy atom. The second-order valence-electron chi connectivity index (χ2n) is 7.04. The second kappa shape index (κ2) is 7.66. The van der Waals surface area contributed by atoms with Gasteiger partial charge in [0, 0.05) is 10.6 Å². The maximum absolute atomic E-state index is 13.2. The zero-order valence-electron chi connectivity index (χ0n) is 16.6. The maximum atomic E-state index is 13.2. The molecule has 3 heterocycles. The molecule has 152 valence electrons. The SMILES string of the molecule is Cc1ccc(NC(=O)c2c(N)n(/N=C/c3cccs3)c3nc4ccccc4nc23)cc1. The van der Waals surface area contributed by atoms with Crippen molar-refractivity contribution in [3.63, 3.8) is 0 Å². The highest BCUT2D eigenvalue weighted by atomic mass is 32.1. The van der Waals surface area contributed by atoms with Gasteiger partial charge in [-0.2, -0.15) is 9.78 Å². The molecule has 0 spiro atoms. The van der Waals surface area contributed by atoms with Gasteiger partial charge in [-0.3, -0.25) is 4.79 Å². The summed E-state index contributed by atoms with van der Waals surface area (Å²) in [7, 11) is 0. The van der Waals surface area contributed by atoms with Crippen LogP contribution in [-0.2, 0) is 0 Å². The van der Waals surface area contributed by atoms with Gasteiger partial charge in [-0.1, -0.05) is 35.9 Å². The number of nitrogens with one attached hydrogen (secondary N) is 1. The maximum Gasteiger partial charge on any atom is 0.261 e. The summed E-state index contributed by atoms with van der Waals surface area (Å²) in [6.45, 7) is 1.99. The molecule has 0 unspecified atom stereocenters. The zero-order chi connectivity index (χ0) is 21.4. The Hall–Kier alpha value is -4.04. The number of carbonyl (C=O) groups excluding carboxylic acids is 1. The largest absolute Gasteiger partial charge is 0.383 e. The fourth-order valence-corrected chi connectivity index (χ4v) is 3.88. The Balaban J connectivity index is 1.67. The van der Waals surface area contributed by atoms with Gasteiger partial charge in [0.2, 0.25) is 0 Å². The van der Waals surface area contributed by atoms with Crippen LogP contribution < -0.4 is 11.1 Å². The zero-order valence-corrected chi connectivity index (χ0v) is 17.4. The smallest absolute Gasteiger partial charge is 0.261 e. The Bertz CT molecular complexity index is 1440. The molecule has 5 rings (SSSR count). The average Bonchev–Trinajstić information content (AvgIpc) is 3.38. The predicted molar refractivity (Wildman–Crippen MR) is 126 cm³/mol. The normalized spacial score (nSPS) is 11.5. The molecule has 0 aliphatic heterocycles. The molecule has 7 nitrogen and oxygen atoms in total. The van der Waals surface area contributed by atoms with Crippen LogP contribution in [0, 0.1) is 6.92 Å². The number of nitrogen functional groups attached to an aromatic ring is 1. The molecule has 3 aromatic heterocycles. The van der Waals surface area contributed by atoms with Crippen LogP contribution in [0.2, 0.25) is 0 Å². The van der Waals surface area contributed by atoms with Crippen molar-refractivity contribution in [3.8, 4) is 0 Å². The number of anilines is 2. The van der Waals surface area contributed by atoms with Gasteiger partial charge in [0.1, 0.15) is 16.9 Å². The van der Waals surface area contributed by atoms with Gasteiger partial charge in [-0.15, -0.1) is 11.3 Å². The lowest BCUT2D eigenvalue weighted by Gasteiger charge is -2.05. The molecule has 0 aliphatic carbocycles. The van der Waals surface area contributed by atoms with Gasteiger partial charge < -0.3 is 11.1 Å². The molecule has 0 radical (unpaired) electrons. The lowest BCUT2D eigenvalue weighted by Crippen LogP contribution is -2.14. The Kier molecular flexibility index (Phi) is 4.68. The summed E-state index contributed by atoms with van der Waals surface area (Å²) in [5.74, 6) is -0.177. The van der Waals surface area contributed by atoms with Crippen LogP contribution in [-0.4, -0.2) is 26.8 Å². The van der Waals surface area contributed by atoms with Crippen molar-refractivity contribution >= 4 is 57.2 Å². The summed E-state index contributed by atoms with van der Waals surface area (Å²) in [4.78, 5) is 23.5. The molecular weight excluding hydrogens is 408 g/mol. The lowest BCUT2D eigenvalue weighted by molar-refractivity contribution is 0.102. The van der Waals surface area contributed by atoms with E-state index in [4.69, 9.17) is 10.7 Å². The molecule has 31 heavy (non-hydrogen) atoms. The first-order chi connectivity index (χ1) is 15.1. The van der Waals surface area contributed by atoms with Crippen LogP contribution in [0.4, 0.5) is 11.5 Å². The first-order valence-electron chi connectivity index (χ1n) is 9.63. The minimum Gasteiger partial charge on any atom is -0.383 e. The molecule has 0 saturated heterocycles. The number of benzene rings is 2. The molecule has 0 saturated carbocycles. The Morgan fingerprint density at radius 2 is 1.81 bits per heavy atom. The van der Waals surface area contributed by atoms with Crippen molar-refractivity contribution in [3.05, 3.63) is 82.0 Å². The molecule has 1 amide bonds. The second-order valence-corrected chi connectivity index (χ2v) is 8.02. The number of thiophene rings is 1. The number of hydrogen-bond acceptors (Lipinski definition) is 6. The van der Waals surface area contributed by atoms with Crippen LogP contribution in [0.5, 0.6) is 0 Å². The molecular formula is C23H18N6OS. The van der Waals surface area contributed by atoms with E-state index in [0.29, 0.717) is 27.9 Å². The highest BCUT2D eigenvalue weighted by Gasteiger charge is 2.24. The number of fused-ring (bicyclic) bond motifs is 2. The quantitative estimate of drug-likeness (QED) is 0.408. The van der Waals surface area contributed by atoms with E-state index < -0.39 is 0 Å². The van der Waals surface area contributed by atoms with Crippen molar-refractivity contribution in [1.82, 2.24) is 14.6 Å². The van der Waals surface area contributed by atoms with Gasteiger partial charge in [0.05, 0.1) is 17.2 Å². The summed E-state index contributed by atoms with van der Waals surface area (Å²) in [5.41, 5.74) is 10.6. The van der Waals surface area contributed by atoms with Crippen molar-refractivity contribution in [1.29, 1.82) is 0 Å². The van der Waals surface area contributed by atoms with Crippen molar-refractivity contribution < 1.29 is 4.79 Å². The Morgan fingerprint density at radius 1 is 1.06 bits per heavy atom. The van der Waals surface area contributed by atoms with Crippen LogP contribution in [0.25, 0.3) is 22.2 Å². The third-order valence-corrected chi connectivity index (χ3v) is 5.66. The molecule has 0 fully saturated rings. The molecule has 3 N–H and O–H groups in total. The summed E-state index contributed by atoms with van der Waals surface area (Å²) in [6.07, 6.45) is 1.69. The lowest BCUT2D eigenvalue weighted by atomic mass is 10.2. The number of aromatic nitrogens is 3. The number of nitrogens with zero attached hydrogens (tertiary/aromatic N) is 4. The first kappa shape index (κ1) is 19.0. The van der Waals surface area contributed by atoms with Crippen LogP contribution >= 0.6 is 11.3 Å². The molecule has 0 bridgehead atoms. The fourth-order valence-electron chi connectivity index (χ4n) is 3.30. The van der Waals surface area contributed by atoms with Gasteiger partial charge in [-0.25, -0.2) is 9.97 Å². The van der Waals surface area contributed by atoms with Gasteiger partial charge in [0.15, 0.2) is 5.65 Å². The topological polar surface area (TPSA) is 98.2 Å². The number of hydrogen-bond donors (Lipinski definition) is 2. The number of para-hydroxylation sites is 2. The van der Waals surface area contributed by atoms with Crippen LogP contribution in [0.3, 0.4) is 0 Å². The van der Waals surface area contributed by atoms with Crippen molar-refractivity contribution in [2.45, 2.75) is 6.92 Å². The summed E-state index contributed by atoms with van der Waals surface area (Å²) in [5, 5.41) is 9.36. The van der Waals surface area contributed by atoms with Crippen molar-refractivity contribution in [2.75, 3.05) is 11.1 Å². The van der Waals surface area contributed by atoms with E-state index in [-0.39, 0.29) is 17.3 Å². The number of carbonyl (C=O) groups is 1. The monoisotopic (exact) mass is 426 g/mol. The highest BCUT2D eigenvalue weighted by Crippen LogP contribution is 2.28. The molecule has 8 heteroatoms. The third kappa shape index (κ3) is 3.53. The third-order valence-electron chi connectivity index (χ3n) is 4.85. The predicted octanol–water partition coefficient (Wildman–Crippen LogP) is 4.67. The highest BCUT2D eigenvalue weighted by molar-refractivity contribution is 7.11. The average molecular weight is 427 g/mol. The summed E-state index contributed by atoms with van der Waals surface area (Å²) < 4.78 is 1.47. The van der Waals surface area contributed by atoms with E-state index in [1.54, 1.807) is 17.6 Å². The van der Waals surface area contributed by atoms with E-state index in [0.717, 1.165) is 10.4 Å². The van der Waals surface area contributed by atoms with E-state index in [1.807, 2.05) is 73.0 Å². The summed E-state index contributed by atoms with van der Waals surface area (Å²) in [6, 6.07) is 18.9. The number of nitrogens with two attached hydrogens (primary N) is 1. The molecule has 2 aromatic carbocycles. The Labute approximate surface area is 181 Å². The van der Waals surface area contributed by atoms with E-state index in [2.05, 4.69) is 15.4 Å². The van der Waals surface area contributed by atoms with Crippen molar-refractivity contribution in [2.24, 2.45) is 5.10 Å². The number of rotatable bonds is 4. The van der Waals surface area contributed by atoms with E-state index in [9.17, 15) is 4.79 Å². The number of aryl methyl sites for hydroxylation is 1. The van der Waals surface area contributed by atoms with Gasteiger partial charge >= 0.3 is 0 Å². The minimum absolute atomic E-state index is 0.183. The van der Waals surface area contributed by atoms with Gasteiger partial charge in [0.25, 0.3) is 5.91 Å². The first-order valence-corrected chi connectivity index (χ1v) is 10.5. The summed E-state index contributed by atoms with van der Waals surface area (Å²) >= 11 is 1.55. The van der Waals surface area contributed by atoms with Gasteiger partial charge in [-0.05, 0) is 42.6 Å². The van der Waals surface area contributed by atoms with Crippen LogP contribution in [0.1, 0.15) is 20.8 Å². The van der Waals surface area contributed by atoms with Crippen LogP contribution in [0.15, 0.2) is 71.1 Å². The standard InChI is InChI=1S/C23H18N6OS/c1-14-8-10-15(11-9-14)26-23(30)19-20-22(28-18-7-3-2-6-17(18)27-20)29(21(19)24)25-13-16-5-4-12-31-16/h2-13H,24H2,1H3,(H,26,30)/b25-13+. The fraction of sp³-hybridized carbons (Fsp3) is 0.0435. The van der Waals surface area contributed by atoms with E-state index >= 15 is 0 Å². The molecule has 0 atom stereocenters. The molecule has 0 aliphatic rings. The molecule has 5 aromatic rings. The number of amides is 1. The van der Waals surface area contributed by atoms with E-state index in [1.165, 1.54) is 4.68 Å². The minimum atomic E-state index is -0.360.